The maximum atomic E-state index is 16.4. The van der Waals surface area contributed by atoms with Gasteiger partial charge in [0.25, 0.3) is 0 Å². The molecule has 2 aromatic carbocycles. The summed E-state index contributed by atoms with van der Waals surface area (Å²) in [4.78, 5) is 29.7. The van der Waals surface area contributed by atoms with Crippen molar-refractivity contribution in [3.05, 3.63) is 53.5 Å². The van der Waals surface area contributed by atoms with E-state index in [1.165, 1.54) is 18.2 Å². The largest absolute Gasteiger partial charge is 0.508 e. The van der Waals surface area contributed by atoms with Crippen LogP contribution in [0.4, 0.5) is 14.6 Å². The SMILES string of the molecule is CCc1c(F)ccc2cc(O)cc(-c3ncc4c(N5CCN(C(C)=O)[C@H](C)C5)nc(C(C)C)nc4c3F)c12. The number of halogens is 2. The summed E-state index contributed by atoms with van der Waals surface area (Å²) < 4.78 is 31.1. The van der Waals surface area contributed by atoms with Gasteiger partial charge in [-0.2, -0.15) is 0 Å². The highest BCUT2D eigenvalue weighted by molar-refractivity contribution is 6.01. The zero-order valence-electron chi connectivity index (χ0n) is 22.2. The predicted molar refractivity (Wildman–Crippen MR) is 144 cm³/mol. The quantitative estimate of drug-likeness (QED) is 0.380. The Balaban J connectivity index is 1.73. The van der Waals surface area contributed by atoms with Crippen LogP contribution in [0.25, 0.3) is 32.9 Å². The molecule has 0 bridgehead atoms. The van der Waals surface area contributed by atoms with Crippen LogP contribution in [-0.2, 0) is 11.2 Å². The highest BCUT2D eigenvalue weighted by Crippen LogP contribution is 2.39. The number of aromatic hydroxyl groups is 1. The predicted octanol–water partition coefficient (Wildman–Crippen LogP) is 5.57. The van der Waals surface area contributed by atoms with Gasteiger partial charge < -0.3 is 14.9 Å². The molecule has 9 heteroatoms. The van der Waals surface area contributed by atoms with Crippen molar-refractivity contribution in [3.63, 3.8) is 0 Å². The summed E-state index contributed by atoms with van der Waals surface area (Å²) in [5, 5.41) is 12.0. The van der Waals surface area contributed by atoms with E-state index in [-0.39, 0.29) is 34.8 Å². The Bertz CT molecular complexity index is 1570. The van der Waals surface area contributed by atoms with Gasteiger partial charge in [0, 0.05) is 50.3 Å². The van der Waals surface area contributed by atoms with Crippen molar-refractivity contribution in [2.45, 2.75) is 53.0 Å². The molecule has 38 heavy (non-hydrogen) atoms. The van der Waals surface area contributed by atoms with Crippen LogP contribution in [0, 0.1) is 11.6 Å². The van der Waals surface area contributed by atoms with Crippen LogP contribution in [0.15, 0.2) is 30.5 Å². The van der Waals surface area contributed by atoms with Crippen LogP contribution < -0.4 is 4.90 Å². The number of rotatable bonds is 4. The zero-order valence-corrected chi connectivity index (χ0v) is 22.2. The van der Waals surface area contributed by atoms with Crippen LogP contribution in [-0.4, -0.2) is 56.5 Å². The molecule has 1 atom stereocenters. The molecule has 5 rings (SSSR count). The average molecular weight is 520 g/mol. The van der Waals surface area contributed by atoms with Crippen LogP contribution in [0.1, 0.15) is 51.9 Å². The minimum absolute atomic E-state index is 0.00665. The van der Waals surface area contributed by atoms with E-state index in [2.05, 4.69) is 14.9 Å². The number of carbonyl (C=O) groups is 1. The topological polar surface area (TPSA) is 82.5 Å². The second-order valence-corrected chi connectivity index (χ2v) is 10.2. The summed E-state index contributed by atoms with van der Waals surface area (Å²) in [6.45, 7) is 10.9. The van der Waals surface area contributed by atoms with Gasteiger partial charge in [0.05, 0.1) is 5.39 Å². The molecule has 3 heterocycles. The molecule has 1 saturated heterocycles. The number of hydrogen-bond acceptors (Lipinski definition) is 6. The van der Waals surface area contributed by atoms with Crippen molar-refractivity contribution in [3.8, 4) is 17.0 Å². The maximum Gasteiger partial charge on any atom is 0.219 e. The van der Waals surface area contributed by atoms with Gasteiger partial charge in [-0.05, 0) is 47.9 Å². The molecular formula is C29H31F2N5O2. The fourth-order valence-corrected chi connectivity index (χ4v) is 5.40. The first-order valence-corrected chi connectivity index (χ1v) is 12.9. The highest BCUT2D eigenvalue weighted by atomic mass is 19.1. The summed E-state index contributed by atoms with van der Waals surface area (Å²) >= 11 is 0. The number of hydrogen-bond donors (Lipinski definition) is 1. The molecule has 1 fully saturated rings. The van der Waals surface area contributed by atoms with E-state index in [4.69, 9.17) is 4.98 Å². The number of pyridine rings is 1. The van der Waals surface area contributed by atoms with Crippen molar-refractivity contribution in [2.75, 3.05) is 24.5 Å². The summed E-state index contributed by atoms with van der Waals surface area (Å²) in [6.07, 6.45) is 1.94. The molecule has 7 nitrogen and oxygen atoms in total. The monoisotopic (exact) mass is 519 g/mol. The standard InChI is InChI=1S/C29H31F2N5O2/c1-6-20-23(30)8-7-18-11-19(38)12-21(24(18)20)26-25(31)27-22(13-32-26)29(34-28(33-27)15(2)3)35-9-10-36(17(5)37)16(4)14-35/h7-8,11-13,15-16,38H,6,9-10,14H2,1-5H3/t16-/m1/s1. The summed E-state index contributed by atoms with van der Waals surface area (Å²) in [6, 6.07) is 5.86. The Kier molecular flexibility index (Phi) is 6.63. The number of anilines is 1. The lowest BCUT2D eigenvalue weighted by Gasteiger charge is -2.40. The molecule has 0 radical (unpaired) electrons. The molecule has 1 amide bonds. The first-order chi connectivity index (χ1) is 18.1. The second kappa shape index (κ2) is 9.78. The number of fused-ring (bicyclic) bond motifs is 2. The van der Waals surface area contributed by atoms with Gasteiger partial charge >= 0.3 is 0 Å². The van der Waals surface area contributed by atoms with E-state index in [1.807, 2.05) is 32.6 Å². The fraction of sp³-hybridized carbons (Fsp3) is 0.379. The molecule has 0 spiro atoms. The molecule has 1 aliphatic heterocycles. The lowest BCUT2D eigenvalue weighted by atomic mass is 9.94. The van der Waals surface area contributed by atoms with E-state index in [0.29, 0.717) is 65.0 Å². The third kappa shape index (κ3) is 4.29. The van der Waals surface area contributed by atoms with Crippen molar-refractivity contribution in [1.29, 1.82) is 0 Å². The van der Waals surface area contributed by atoms with Crippen molar-refractivity contribution in [1.82, 2.24) is 19.9 Å². The highest BCUT2D eigenvalue weighted by Gasteiger charge is 2.29. The van der Waals surface area contributed by atoms with Crippen LogP contribution in [0.2, 0.25) is 0 Å². The molecule has 1 aliphatic rings. The molecule has 0 saturated carbocycles. The summed E-state index contributed by atoms with van der Waals surface area (Å²) in [5.74, 6) is -0.0796. The van der Waals surface area contributed by atoms with Gasteiger partial charge in [0.1, 0.15) is 34.4 Å². The number of aromatic nitrogens is 3. The average Bonchev–Trinajstić information content (AvgIpc) is 2.88. The summed E-state index contributed by atoms with van der Waals surface area (Å²) in [5.41, 5.74) is 0.859. The Morgan fingerprint density at radius 2 is 1.95 bits per heavy atom. The number of piperazine rings is 1. The van der Waals surface area contributed by atoms with Crippen molar-refractivity contribution in [2.24, 2.45) is 0 Å². The molecule has 0 aliphatic carbocycles. The fourth-order valence-electron chi connectivity index (χ4n) is 5.40. The molecule has 0 unspecified atom stereocenters. The molecule has 198 valence electrons. The van der Waals surface area contributed by atoms with Crippen LogP contribution in [0.3, 0.4) is 0 Å². The molecule has 4 aromatic rings. The molecule has 2 aromatic heterocycles. The Labute approximate surface area is 220 Å². The van der Waals surface area contributed by atoms with E-state index < -0.39 is 11.6 Å². The number of nitrogens with zero attached hydrogens (tertiary/aromatic N) is 5. The van der Waals surface area contributed by atoms with Gasteiger partial charge in [0.2, 0.25) is 5.91 Å². The lowest BCUT2D eigenvalue weighted by Crippen LogP contribution is -2.53. The minimum atomic E-state index is -0.651. The molecule has 1 N–H and O–H groups in total. The Morgan fingerprint density at radius 3 is 2.61 bits per heavy atom. The molecular weight excluding hydrogens is 488 g/mol. The van der Waals surface area contributed by atoms with Crippen LogP contribution in [0.5, 0.6) is 5.75 Å². The number of aryl methyl sites for hydroxylation is 1. The second-order valence-electron chi connectivity index (χ2n) is 10.2. The maximum absolute atomic E-state index is 16.4. The number of amides is 1. The number of phenolic OH excluding ortho intramolecular Hbond substituents is 1. The number of carbonyl (C=O) groups excluding carboxylic acids is 1. The first-order valence-electron chi connectivity index (χ1n) is 12.9. The Hall–Kier alpha value is -3.88. The van der Waals surface area contributed by atoms with Gasteiger partial charge in [0.15, 0.2) is 5.82 Å². The number of phenols is 1. The third-order valence-corrected chi connectivity index (χ3v) is 7.29. The first kappa shape index (κ1) is 25.8. The van der Waals surface area contributed by atoms with Gasteiger partial charge in [-0.25, -0.2) is 18.7 Å². The van der Waals surface area contributed by atoms with Gasteiger partial charge in [-0.1, -0.05) is 26.8 Å². The lowest BCUT2D eigenvalue weighted by molar-refractivity contribution is -0.131. The van der Waals surface area contributed by atoms with Gasteiger partial charge in [-0.15, -0.1) is 0 Å². The normalized spacial score (nSPS) is 16.2. The smallest absolute Gasteiger partial charge is 0.219 e. The van der Waals surface area contributed by atoms with E-state index in [0.717, 1.165) is 0 Å². The zero-order chi connectivity index (χ0) is 27.3. The summed E-state index contributed by atoms with van der Waals surface area (Å²) in [7, 11) is 0. The van der Waals surface area contributed by atoms with E-state index >= 15 is 4.39 Å². The van der Waals surface area contributed by atoms with Gasteiger partial charge in [-0.3, -0.25) is 9.78 Å². The Morgan fingerprint density at radius 1 is 1.18 bits per heavy atom. The van der Waals surface area contributed by atoms with Crippen LogP contribution >= 0.6 is 0 Å². The van der Waals surface area contributed by atoms with Crippen molar-refractivity contribution >= 4 is 33.4 Å². The van der Waals surface area contributed by atoms with Crippen molar-refractivity contribution < 1.29 is 18.7 Å². The number of benzene rings is 2. The third-order valence-electron chi connectivity index (χ3n) is 7.29. The minimum Gasteiger partial charge on any atom is -0.508 e. The van der Waals surface area contributed by atoms with E-state index in [9.17, 15) is 14.3 Å². The van der Waals surface area contributed by atoms with E-state index in [1.54, 1.807) is 19.2 Å².